The number of anilines is 3. The van der Waals surface area contributed by atoms with Crippen LogP contribution in [0.5, 0.6) is 5.75 Å². The lowest BCUT2D eigenvalue weighted by atomic mass is 10.2. The van der Waals surface area contributed by atoms with E-state index in [2.05, 4.69) is 26.1 Å². The summed E-state index contributed by atoms with van der Waals surface area (Å²) in [6, 6.07) is 4.73. The lowest BCUT2D eigenvalue weighted by molar-refractivity contribution is -0.122. The summed E-state index contributed by atoms with van der Waals surface area (Å²) in [6.07, 6.45) is 3.53. The number of rotatable bonds is 8. The van der Waals surface area contributed by atoms with Gasteiger partial charge in [0, 0.05) is 18.2 Å². The largest absolute Gasteiger partial charge is 0.482 e. The Bertz CT molecular complexity index is 833. The molecule has 5 N–H and O–H groups in total. The highest BCUT2D eigenvalue weighted by Gasteiger charge is 2.16. The molecular formula is C17H20Cl2N6O3. The van der Waals surface area contributed by atoms with Gasteiger partial charge in [-0.05, 0) is 31.0 Å². The minimum atomic E-state index is -0.446. The molecular weight excluding hydrogens is 407 g/mol. The van der Waals surface area contributed by atoms with Crippen LogP contribution in [0, 0.1) is 0 Å². The van der Waals surface area contributed by atoms with Crippen molar-refractivity contribution in [2.75, 3.05) is 36.2 Å². The first-order valence-electron chi connectivity index (χ1n) is 8.61. The Morgan fingerprint density at radius 2 is 2.14 bits per heavy atom. The molecule has 0 bridgehead atoms. The molecule has 0 aliphatic carbocycles. The number of carbonyl (C=O) groups is 1. The summed E-state index contributed by atoms with van der Waals surface area (Å²) in [4.78, 5) is 20.1. The summed E-state index contributed by atoms with van der Waals surface area (Å²) in [6.45, 7) is 1.11. The van der Waals surface area contributed by atoms with Crippen LogP contribution in [0.25, 0.3) is 0 Å². The lowest BCUT2D eigenvalue weighted by Crippen LogP contribution is -2.34. The van der Waals surface area contributed by atoms with Crippen LogP contribution < -0.4 is 26.6 Å². The highest BCUT2D eigenvalue weighted by Crippen LogP contribution is 2.27. The van der Waals surface area contributed by atoms with Crippen molar-refractivity contribution in [2.45, 2.75) is 18.9 Å². The molecule has 9 nitrogen and oxygen atoms in total. The van der Waals surface area contributed by atoms with Crippen LogP contribution in [0.2, 0.25) is 10.0 Å². The highest BCUT2D eigenvalue weighted by molar-refractivity contribution is 6.35. The fourth-order valence-electron chi connectivity index (χ4n) is 2.55. The van der Waals surface area contributed by atoms with Gasteiger partial charge in [-0.25, -0.2) is 9.97 Å². The number of amides is 1. The minimum absolute atomic E-state index is 0.141. The summed E-state index contributed by atoms with van der Waals surface area (Å²) in [5.74, 6) is 0.635. The molecule has 0 spiro atoms. The van der Waals surface area contributed by atoms with Crippen molar-refractivity contribution in [3.63, 3.8) is 0 Å². The third-order valence-corrected chi connectivity index (χ3v) is 4.51. The second-order valence-electron chi connectivity index (χ2n) is 6.04. The average molecular weight is 427 g/mol. The van der Waals surface area contributed by atoms with E-state index >= 15 is 0 Å². The number of hydrogen-bond acceptors (Lipinski definition) is 8. The number of aromatic nitrogens is 2. The maximum Gasteiger partial charge on any atom is 0.276 e. The number of nitrogens with two attached hydrogens (primary N) is 1. The van der Waals surface area contributed by atoms with Gasteiger partial charge >= 0.3 is 0 Å². The van der Waals surface area contributed by atoms with Gasteiger partial charge in [-0.1, -0.05) is 23.2 Å². The van der Waals surface area contributed by atoms with E-state index in [9.17, 15) is 4.79 Å². The Hall–Kier alpha value is -2.49. The van der Waals surface area contributed by atoms with Crippen molar-refractivity contribution >= 4 is 46.4 Å². The van der Waals surface area contributed by atoms with Gasteiger partial charge in [0.25, 0.3) is 5.91 Å². The smallest absolute Gasteiger partial charge is 0.276 e. The monoisotopic (exact) mass is 426 g/mol. The predicted octanol–water partition coefficient (Wildman–Crippen LogP) is 2.48. The van der Waals surface area contributed by atoms with Crippen molar-refractivity contribution in [1.29, 1.82) is 0 Å². The number of carbonyl (C=O) groups excluding carboxylic acids is 1. The second kappa shape index (κ2) is 9.63. The number of nitrogens with zero attached hydrogens (tertiary/aromatic N) is 2. The Morgan fingerprint density at radius 3 is 2.89 bits per heavy atom. The fourth-order valence-corrected chi connectivity index (χ4v) is 3.02. The standard InChI is InChI=1S/C17H20Cl2N6O3/c18-10-3-4-13(12(19)6-10)28-8-14(26)24-25-17-15(20)16(22-9-23-17)21-7-11-2-1-5-27-11/h3-4,6,9,11H,1-2,5,7-8,20H2,(H,24,26)(H2,21,22,23,25). The quantitative estimate of drug-likeness (QED) is 0.474. The molecule has 11 heteroatoms. The minimum Gasteiger partial charge on any atom is -0.482 e. The number of ether oxygens (including phenoxy) is 2. The molecule has 1 aliphatic rings. The van der Waals surface area contributed by atoms with E-state index in [1.54, 1.807) is 12.1 Å². The fraction of sp³-hybridized carbons (Fsp3) is 0.353. The van der Waals surface area contributed by atoms with Crippen molar-refractivity contribution in [2.24, 2.45) is 0 Å². The van der Waals surface area contributed by atoms with Crippen LogP contribution in [0.3, 0.4) is 0 Å². The van der Waals surface area contributed by atoms with Gasteiger partial charge in [0.2, 0.25) is 0 Å². The highest BCUT2D eigenvalue weighted by atomic mass is 35.5. The molecule has 0 radical (unpaired) electrons. The summed E-state index contributed by atoms with van der Waals surface area (Å²) in [7, 11) is 0. The Morgan fingerprint density at radius 1 is 1.32 bits per heavy atom. The average Bonchev–Trinajstić information content (AvgIpc) is 3.19. The van der Waals surface area contributed by atoms with Crippen molar-refractivity contribution in [3.05, 3.63) is 34.6 Å². The Balaban J connectivity index is 1.49. The maximum absolute atomic E-state index is 12.0. The van der Waals surface area contributed by atoms with E-state index < -0.39 is 5.91 Å². The predicted molar refractivity (Wildman–Crippen MR) is 108 cm³/mol. The van der Waals surface area contributed by atoms with Gasteiger partial charge in [0.1, 0.15) is 17.8 Å². The molecule has 1 unspecified atom stereocenters. The molecule has 2 aromatic rings. The SMILES string of the molecule is Nc1c(NCC2CCCO2)ncnc1NNC(=O)COc1ccc(Cl)cc1Cl. The molecule has 1 aromatic heterocycles. The van der Waals surface area contributed by atoms with E-state index in [1.165, 1.54) is 12.4 Å². The van der Waals surface area contributed by atoms with Gasteiger partial charge in [0.05, 0.1) is 11.1 Å². The topological polar surface area (TPSA) is 123 Å². The van der Waals surface area contributed by atoms with Crippen LogP contribution in [-0.4, -0.2) is 41.7 Å². The van der Waals surface area contributed by atoms with Crippen molar-refractivity contribution < 1.29 is 14.3 Å². The number of hydrazine groups is 1. The first-order valence-corrected chi connectivity index (χ1v) is 9.37. The van der Waals surface area contributed by atoms with Gasteiger partial charge in [-0.3, -0.25) is 15.6 Å². The maximum atomic E-state index is 12.0. The summed E-state index contributed by atoms with van der Waals surface area (Å²) in [5.41, 5.74) is 11.4. The molecule has 1 amide bonds. The van der Waals surface area contributed by atoms with Gasteiger partial charge in [-0.2, -0.15) is 0 Å². The summed E-state index contributed by atoms with van der Waals surface area (Å²) in [5, 5.41) is 3.93. The number of hydrogen-bond donors (Lipinski definition) is 4. The van der Waals surface area contributed by atoms with Gasteiger partial charge in [0.15, 0.2) is 18.2 Å². The molecule has 1 aromatic carbocycles. The van der Waals surface area contributed by atoms with Crippen LogP contribution in [0.15, 0.2) is 24.5 Å². The van der Waals surface area contributed by atoms with Gasteiger partial charge < -0.3 is 20.5 Å². The van der Waals surface area contributed by atoms with Crippen LogP contribution in [0.4, 0.5) is 17.3 Å². The normalized spacial score (nSPS) is 15.9. The van der Waals surface area contributed by atoms with E-state index in [0.717, 1.165) is 19.4 Å². The number of nitrogens with one attached hydrogen (secondary N) is 3. The van der Waals surface area contributed by atoms with Crippen molar-refractivity contribution in [3.8, 4) is 5.75 Å². The van der Waals surface area contributed by atoms with Crippen LogP contribution in [0.1, 0.15) is 12.8 Å². The zero-order chi connectivity index (χ0) is 19.9. The van der Waals surface area contributed by atoms with E-state index in [4.69, 9.17) is 38.4 Å². The summed E-state index contributed by atoms with van der Waals surface area (Å²) >= 11 is 11.8. The molecule has 1 saturated heterocycles. The zero-order valence-electron chi connectivity index (χ0n) is 14.9. The Kier molecular flexibility index (Phi) is 6.96. The summed E-state index contributed by atoms with van der Waals surface area (Å²) < 4.78 is 10.9. The second-order valence-corrected chi connectivity index (χ2v) is 6.88. The first-order chi connectivity index (χ1) is 13.5. The molecule has 1 fully saturated rings. The molecule has 28 heavy (non-hydrogen) atoms. The zero-order valence-corrected chi connectivity index (χ0v) is 16.4. The van der Waals surface area contributed by atoms with E-state index in [1.807, 2.05) is 0 Å². The number of halogens is 2. The van der Waals surface area contributed by atoms with Crippen LogP contribution in [-0.2, 0) is 9.53 Å². The molecule has 3 rings (SSSR count). The molecule has 2 heterocycles. The van der Waals surface area contributed by atoms with Crippen molar-refractivity contribution in [1.82, 2.24) is 15.4 Å². The molecule has 0 saturated carbocycles. The lowest BCUT2D eigenvalue weighted by Gasteiger charge is -2.15. The third kappa shape index (κ3) is 5.51. The van der Waals surface area contributed by atoms with Crippen LogP contribution >= 0.6 is 23.2 Å². The molecule has 150 valence electrons. The first kappa shape index (κ1) is 20.2. The molecule has 1 atom stereocenters. The van der Waals surface area contributed by atoms with E-state index in [0.29, 0.717) is 28.2 Å². The van der Waals surface area contributed by atoms with E-state index in [-0.39, 0.29) is 24.2 Å². The third-order valence-electron chi connectivity index (χ3n) is 3.98. The van der Waals surface area contributed by atoms with Gasteiger partial charge in [-0.15, -0.1) is 0 Å². The molecule has 1 aliphatic heterocycles. The number of benzene rings is 1. The Labute approximate surface area is 171 Å². The number of nitrogen functional groups attached to an aromatic ring is 1.